The van der Waals surface area contributed by atoms with E-state index in [2.05, 4.69) is 15.5 Å². The number of cyclic esters (lactones) is 1. The second kappa shape index (κ2) is 9.74. The van der Waals surface area contributed by atoms with E-state index in [-0.39, 0.29) is 24.5 Å². The standard InChI is InChI=1S/C19H26N6O3S.CH2O2/c1-12-13(2)29-17(25-11-20-21-22-25)15(12)16(26)24-7-5-19(6-8-24)9-14(10-23(3)4)28-18(19)27;2-1-3/h11,14H,5-10H2,1-4H3;1H,(H,2,3). The summed E-state index contributed by atoms with van der Waals surface area (Å²) < 4.78 is 7.17. The number of aryl methyl sites for hydroxylation is 1. The van der Waals surface area contributed by atoms with E-state index in [0.29, 0.717) is 31.5 Å². The largest absolute Gasteiger partial charge is 0.483 e. The number of ether oxygens (including phenoxy) is 1. The van der Waals surface area contributed by atoms with Crippen molar-refractivity contribution in [1.29, 1.82) is 0 Å². The van der Waals surface area contributed by atoms with E-state index in [9.17, 15) is 9.59 Å². The molecule has 32 heavy (non-hydrogen) atoms. The monoisotopic (exact) mass is 464 g/mol. The van der Waals surface area contributed by atoms with E-state index >= 15 is 0 Å². The van der Waals surface area contributed by atoms with Crippen molar-refractivity contribution < 1.29 is 24.2 Å². The van der Waals surface area contributed by atoms with Gasteiger partial charge in [-0.25, -0.2) is 0 Å². The van der Waals surface area contributed by atoms with Gasteiger partial charge in [-0.05, 0) is 56.8 Å². The van der Waals surface area contributed by atoms with Gasteiger partial charge in [0.1, 0.15) is 17.4 Å². The Balaban J connectivity index is 0.000000913. The van der Waals surface area contributed by atoms with Crippen molar-refractivity contribution in [1.82, 2.24) is 30.0 Å². The molecule has 4 rings (SSSR count). The minimum atomic E-state index is -0.449. The van der Waals surface area contributed by atoms with Gasteiger partial charge < -0.3 is 19.6 Å². The number of likely N-dealkylation sites (tertiary alicyclic amines) is 1. The lowest BCUT2D eigenvalue weighted by molar-refractivity contribution is -0.150. The quantitative estimate of drug-likeness (QED) is 0.523. The molecule has 174 valence electrons. The van der Waals surface area contributed by atoms with Gasteiger partial charge in [0.25, 0.3) is 12.4 Å². The predicted molar refractivity (Wildman–Crippen MR) is 116 cm³/mol. The minimum absolute atomic E-state index is 0.0246. The molecule has 0 bridgehead atoms. The highest BCUT2D eigenvalue weighted by Crippen LogP contribution is 2.44. The zero-order valence-electron chi connectivity index (χ0n) is 18.6. The number of likely N-dealkylation sites (N-methyl/N-ethyl adjacent to an activating group) is 1. The molecule has 2 aliphatic heterocycles. The van der Waals surface area contributed by atoms with E-state index in [1.807, 2.05) is 37.7 Å². The number of hydrogen-bond acceptors (Lipinski definition) is 9. The minimum Gasteiger partial charge on any atom is -0.483 e. The molecule has 11 nitrogen and oxygen atoms in total. The molecular formula is C20H28N6O5S. The predicted octanol–water partition coefficient (Wildman–Crippen LogP) is 1.14. The Kier molecular flexibility index (Phi) is 7.24. The molecule has 2 saturated heterocycles. The zero-order chi connectivity index (χ0) is 23.5. The van der Waals surface area contributed by atoms with Crippen LogP contribution in [0.4, 0.5) is 0 Å². The number of carbonyl (C=O) groups excluding carboxylic acids is 2. The van der Waals surface area contributed by atoms with Gasteiger partial charge in [0.05, 0.1) is 11.0 Å². The van der Waals surface area contributed by atoms with E-state index in [1.165, 1.54) is 17.7 Å². The molecule has 2 aromatic rings. The van der Waals surface area contributed by atoms with Crippen molar-refractivity contribution >= 4 is 29.7 Å². The number of tetrazole rings is 1. The third-order valence-electron chi connectivity index (χ3n) is 6.04. The first-order valence-electron chi connectivity index (χ1n) is 10.3. The number of aromatic nitrogens is 4. The average molecular weight is 465 g/mol. The molecule has 1 N–H and O–H groups in total. The van der Waals surface area contributed by atoms with Gasteiger partial charge in [-0.2, -0.15) is 4.68 Å². The summed E-state index contributed by atoms with van der Waals surface area (Å²) in [5.41, 5.74) is 1.16. The molecule has 2 aliphatic rings. The molecule has 0 radical (unpaired) electrons. The summed E-state index contributed by atoms with van der Waals surface area (Å²) in [6, 6.07) is 0. The van der Waals surface area contributed by atoms with E-state index in [0.717, 1.165) is 28.4 Å². The fraction of sp³-hybridized carbons (Fsp3) is 0.600. The van der Waals surface area contributed by atoms with Crippen LogP contribution >= 0.6 is 11.3 Å². The fourth-order valence-corrected chi connectivity index (χ4v) is 5.39. The van der Waals surface area contributed by atoms with Crippen LogP contribution < -0.4 is 0 Å². The lowest BCUT2D eigenvalue weighted by Gasteiger charge is -2.36. The van der Waals surface area contributed by atoms with Crippen molar-refractivity contribution in [3.05, 3.63) is 22.3 Å². The fourth-order valence-electron chi connectivity index (χ4n) is 4.33. The summed E-state index contributed by atoms with van der Waals surface area (Å²) in [5.74, 6) is -0.128. The molecule has 0 saturated carbocycles. The number of carboxylic acid groups (broad SMARTS) is 1. The Hall–Kier alpha value is -2.86. The second-order valence-corrected chi connectivity index (χ2v) is 9.59. The molecular weight excluding hydrogens is 436 g/mol. The smallest absolute Gasteiger partial charge is 0.312 e. The molecule has 2 fully saturated rings. The van der Waals surface area contributed by atoms with Gasteiger partial charge in [0.15, 0.2) is 0 Å². The number of thiophene rings is 1. The molecule has 2 aromatic heterocycles. The number of piperidine rings is 1. The van der Waals surface area contributed by atoms with Crippen LogP contribution in [0.2, 0.25) is 0 Å². The highest BCUT2D eigenvalue weighted by molar-refractivity contribution is 7.15. The molecule has 0 aliphatic carbocycles. The van der Waals surface area contributed by atoms with Crippen LogP contribution in [0.5, 0.6) is 0 Å². The topological polar surface area (TPSA) is 131 Å². The number of amides is 1. The molecule has 1 amide bonds. The summed E-state index contributed by atoms with van der Waals surface area (Å²) in [6.45, 7) is 5.53. The van der Waals surface area contributed by atoms with Crippen LogP contribution in [-0.4, -0.2) is 93.3 Å². The average Bonchev–Trinajstić information content (AvgIpc) is 3.43. The number of nitrogens with zero attached hydrogens (tertiary/aromatic N) is 6. The Morgan fingerprint density at radius 1 is 1.38 bits per heavy atom. The van der Waals surface area contributed by atoms with Crippen LogP contribution in [-0.2, 0) is 14.3 Å². The first-order chi connectivity index (χ1) is 15.2. The second-order valence-electron chi connectivity index (χ2n) is 8.39. The molecule has 1 spiro atoms. The molecule has 1 atom stereocenters. The number of hydrogen-bond donors (Lipinski definition) is 1. The summed E-state index contributed by atoms with van der Waals surface area (Å²) >= 11 is 1.51. The Morgan fingerprint density at radius 2 is 2.03 bits per heavy atom. The summed E-state index contributed by atoms with van der Waals surface area (Å²) in [6.07, 6.45) is 3.46. The number of carbonyl (C=O) groups is 3. The maximum Gasteiger partial charge on any atom is 0.312 e. The van der Waals surface area contributed by atoms with Crippen molar-refractivity contribution in [2.24, 2.45) is 5.41 Å². The van der Waals surface area contributed by atoms with Crippen LogP contribution in [0, 0.1) is 19.3 Å². The van der Waals surface area contributed by atoms with Gasteiger partial charge in [-0.15, -0.1) is 16.4 Å². The van der Waals surface area contributed by atoms with Crippen LogP contribution in [0.1, 0.15) is 40.1 Å². The van der Waals surface area contributed by atoms with E-state index in [1.54, 1.807) is 4.68 Å². The van der Waals surface area contributed by atoms with Gasteiger partial charge in [-0.3, -0.25) is 14.4 Å². The molecule has 4 heterocycles. The highest BCUT2D eigenvalue weighted by Gasteiger charge is 2.51. The van der Waals surface area contributed by atoms with Crippen LogP contribution in [0.15, 0.2) is 6.33 Å². The number of rotatable bonds is 4. The van der Waals surface area contributed by atoms with Crippen molar-refractivity contribution in [2.45, 2.75) is 39.2 Å². The van der Waals surface area contributed by atoms with Gasteiger partial charge >= 0.3 is 5.97 Å². The van der Waals surface area contributed by atoms with Crippen molar-refractivity contribution in [3.63, 3.8) is 0 Å². The van der Waals surface area contributed by atoms with Gasteiger partial charge in [0, 0.05) is 30.9 Å². The first kappa shape index (κ1) is 23.8. The number of esters is 1. The SMILES string of the molecule is Cc1sc(-n2cnnn2)c(C(=O)N2CCC3(CC2)CC(CN(C)C)OC3=O)c1C.O=CO. The lowest BCUT2D eigenvalue weighted by atomic mass is 9.76. The lowest BCUT2D eigenvalue weighted by Crippen LogP contribution is -2.45. The first-order valence-corrected chi connectivity index (χ1v) is 11.1. The van der Waals surface area contributed by atoms with Crippen LogP contribution in [0.25, 0.3) is 5.00 Å². The molecule has 1 unspecified atom stereocenters. The third-order valence-corrected chi connectivity index (χ3v) is 7.24. The Morgan fingerprint density at radius 3 is 2.59 bits per heavy atom. The molecule has 12 heteroatoms. The zero-order valence-corrected chi connectivity index (χ0v) is 19.5. The molecule has 0 aromatic carbocycles. The normalized spacial score (nSPS) is 19.6. The highest BCUT2D eigenvalue weighted by atomic mass is 32.1. The Bertz CT molecular complexity index is 966. The Labute approximate surface area is 189 Å². The van der Waals surface area contributed by atoms with Crippen molar-refractivity contribution in [3.8, 4) is 5.00 Å². The van der Waals surface area contributed by atoms with Crippen molar-refractivity contribution in [2.75, 3.05) is 33.7 Å². The van der Waals surface area contributed by atoms with E-state index < -0.39 is 5.41 Å². The summed E-state index contributed by atoms with van der Waals surface area (Å²) in [7, 11) is 3.96. The van der Waals surface area contributed by atoms with Gasteiger partial charge in [-0.1, -0.05) is 0 Å². The summed E-state index contributed by atoms with van der Waals surface area (Å²) in [5, 5.41) is 19.0. The van der Waals surface area contributed by atoms with E-state index in [4.69, 9.17) is 14.6 Å². The van der Waals surface area contributed by atoms with Gasteiger partial charge in [0.2, 0.25) is 0 Å². The van der Waals surface area contributed by atoms with Crippen LogP contribution in [0.3, 0.4) is 0 Å². The third kappa shape index (κ3) is 4.65. The maximum atomic E-state index is 13.4. The maximum absolute atomic E-state index is 13.4. The summed E-state index contributed by atoms with van der Waals surface area (Å²) in [4.78, 5) is 39.3.